The van der Waals surface area contributed by atoms with Crippen molar-refractivity contribution in [3.05, 3.63) is 83.9 Å². The van der Waals surface area contributed by atoms with E-state index in [9.17, 15) is 9.90 Å². The molecule has 0 amide bonds. The summed E-state index contributed by atoms with van der Waals surface area (Å²) < 4.78 is 1.71. The van der Waals surface area contributed by atoms with Crippen LogP contribution in [0.25, 0.3) is 0 Å². The Balaban J connectivity index is 1.78. The van der Waals surface area contributed by atoms with Crippen molar-refractivity contribution in [2.24, 2.45) is 0 Å². The van der Waals surface area contributed by atoms with Crippen LogP contribution in [-0.2, 0) is 13.1 Å². The summed E-state index contributed by atoms with van der Waals surface area (Å²) in [4.78, 5) is 15.4. The van der Waals surface area contributed by atoms with Crippen LogP contribution in [0.2, 0.25) is 0 Å². The van der Waals surface area contributed by atoms with Gasteiger partial charge in [0.1, 0.15) is 5.69 Å². The Morgan fingerprint density at radius 1 is 1.13 bits per heavy atom. The highest BCUT2D eigenvalue weighted by Gasteiger charge is 2.10. The fourth-order valence-corrected chi connectivity index (χ4v) is 2.44. The van der Waals surface area contributed by atoms with E-state index < -0.39 is 5.97 Å². The molecule has 0 aliphatic carbocycles. The van der Waals surface area contributed by atoms with Crippen molar-refractivity contribution in [1.82, 2.24) is 9.55 Å². The summed E-state index contributed by atoms with van der Waals surface area (Å²) in [5.74, 6) is -0.928. The topological polar surface area (TPSA) is 67.1 Å². The zero-order valence-corrected chi connectivity index (χ0v) is 12.5. The summed E-state index contributed by atoms with van der Waals surface area (Å²) in [7, 11) is 0. The molecule has 0 spiro atoms. The van der Waals surface area contributed by atoms with Crippen LogP contribution in [0.5, 0.6) is 0 Å². The summed E-state index contributed by atoms with van der Waals surface area (Å²) >= 11 is 0. The Labute approximate surface area is 134 Å². The zero-order valence-electron chi connectivity index (χ0n) is 12.5. The standard InChI is InChI=1S/C18H17N3O2/c22-18(23)17-7-4-10-21(17)13-15-8-9-19-12-16(15)20-11-14-5-2-1-3-6-14/h1-10,12,20H,11,13H2,(H,22,23). The molecule has 0 radical (unpaired) electrons. The molecule has 0 unspecified atom stereocenters. The summed E-state index contributed by atoms with van der Waals surface area (Å²) in [6, 6.07) is 15.3. The maximum Gasteiger partial charge on any atom is 0.352 e. The second-order valence-corrected chi connectivity index (χ2v) is 5.20. The van der Waals surface area contributed by atoms with Gasteiger partial charge in [-0.05, 0) is 29.3 Å². The number of anilines is 1. The SMILES string of the molecule is O=C(O)c1cccn1Cc1ccncc1NCc1ccccc1. The minimum absolute atomic E-state index is 0.274. The highest BCUT2D eigenvalue weighted by Crippen LogP contribution is 2.17. The first-order valence-corrected chi connectivity index (χ1v) is 7.33. The molecule has 0 saturated heterocycles. The van der Waals surface area contributed by atoms with Crippen LogP contribution in [0.15, 0.2) is 67.1 Å². The number of hydrogen-bond acceptors (Lipinski definition) is 3. The van der Waals surface area contributed by atoms with Crippen molar-refractivity contribution in [3.8, 4) is 0 Å². The van der Waals surface area contributed by atoms with Crippen LogP contribution < -0.4 is 5.32 Å². The minimum atomic E-state index is -0.928. The molecule has 0 saturated carbocycles. The van der Waals surface area contributed by atoms with Crippen molar-refractivity contribution in [1.29, 1.82) is 0 Å². The maximum atomic E-state index is 11.2. The van der Waals surface area contributed by atoms with Gasteiger partial charge >= 0.3 is 5.97 Å². The predicted molar refractivity (Wildman–Crippen MR) is 88.5 cm³/mol. The lowest BCUT2D eigenvalue weighted by Crippen LogP contribution is -2.10. The number of rotatable bonds is 6. The lowest BCUT2D eigenvalue weighted by Gasteiger charge is -2.13. The van der Waals surface area contributed by atoms with Gasteiger partial charge in [0.2, 0.25) is 0 Å². The van der Waals surface area contributed by atoms with E-state index in [2.05, 4.69) is 22.4 Å². The van der Waals surface area contributed by atoms with Gasteiger partial charge < -0.3 is 15.0 Å². The minimum Gasteiger partial charge on any atom is -0.477 e. The molecular weight excluding hydrogens is 290 g/mol. The summed E-state index contributed by atoms with van der Waals surface area (Å²) in [5.41, 5.74) is 3.35. The van der Waals surface area contributed by atoms with Gasteiger partial charge in [-0.3, -0.25) is 4.98 Å². The molecule has 3 aromatic rings. The van der Waals surface area contributed by atoms with Gasteiger partial charge in [0.05, 0.1) is 11.9 Å². The Hall–Kier alpha value is -3.08. The molecule has 2 aromatic heterocycles. The number of pyridine rings is 1. The molecule has 0 atom stereocenters. The number of carboxylic acid groups (broad SMARTS) is 1. The van der Waals surface area contributed by atoms with Gasteiger partial charge in [-0.1, -0.05) is 30.3 Å². The number of aromatic nitrogens is 2. The number of nitrogens with zero attached hydrogens (tertiary/aromatic N) is 2. The third kappa shape index (κ3) is 3.58. The predicted octanol–water partition coefficient (Wildman–Crippen LogP) is 3.24. The molecule has 1 aromatic carbocycles. The highest BCUT2D eigenvalue weighted by atomic mass is 16.4. The molecule has 23 heavy (non-hydrogen) atoms. The van der Waals surface area contributed by atoms with Crippen LogP contribution in [-0.4, -0.2) is 20.6 Å². The van der Waals surface area contributed by atoms with E-state index >= 15 is 0 Å². The highest BCUT2D eigenvalue weighted by molar-refractivity contribution is 5.85. The van der Waals surface area contributed by atoms with Gasteiger partial charge in [-0.2, -0.15) is 0 Å². The van der Waals surface area contributed by atoms with E-state index in [0.717, 1.165) is 11.3 Å². The smallest absolute Gasteiger partial charge is 0.352 e. The Bertz CT molecular complexity index is 797. The molecule has 0 aliphatic heterocycles. The normalized spacial score (nSPS) is 10.4. The van der Waals surface area contributed by atoms with Gasteiger partial charge in [-0.15, -0.1) is 0 Å². The van der Waals surface area contributed by atoms with E-state index in [1.165, 1.54) is 5.56 Å². The van der Waals surface area contributed by atoms with Crippen molar-refractivity contribution in [2.45, 2.75) is 13.1 Å². The second kappa shape index (κ2) is 6.79. The average molecular weight is 307 g/mol. The number of benzene rings is 1. The zero-order chi connectivity index (χ0) is 16.1. The van der Waals surface area contributed by atoms with Gasteiger partial charge in [0, 0.05) is 25.5 Å². The Morgan fingerprint density at radius 3 is 2.74 bits per heavy atom. The van der Waals surface area contributed by atoms with Crippen LogP contribution in [0.4, 0.5) is 5.69 Å². The molecule has 116 valence electrons. The van der Waals surface area contributed by atoms with E-state index in [-0.39, 0.29) is 5.69 Å². The fraction of sp³-hybridized carbons (Fsp3) is 0.111. The molecular formula is C18H17N3O2. The van der Waals surface area contributed by atoms with Crippen molar-refractivity contribution >= 4 is 11.7 Å². The van der Waals surface area contributed by atoms with Crippen LogP contribution in [0.1, 0.15) is 21.6 Å². The Kier molecular flexibility index (Phi) is 4.38. The molecule has 5 nitrogen and oxygen atoms in total. The summed E-state index contributed by atoms with van der Waals surface area (Å²) in [6.45, 7) is 1.17. The van der Waals surface area contributed by atoms with Crippen LogP contribution >= 0.6 is 0 Å². The molecule has 2 N–H and O–H groups in total. The van der Waals surface area contributed by atoms with Crippen molar-refractivity contribution in [3.63, 3.8) is 0 Å². The maximum absolute atomic E-state index is 11.2. The number of carbonyl (C=O) groups is 1. The average Bonchev–Trinajstić information content (AvgIpc) is 3.03. The van der Waals surface area contributed by atoms with E-state index in [0.29, 0.717) is 13.1 Å². The van der Waals surface area contributed by atoms with E-state index in [4.69, 9.17) is 0 Å². The van der Waals surface area contributed by atoms with Crippen molar-refractivity contribution in [2.75, 3.05) is 5.32 Å². The quantitative estimate of drug-likeness (QED) is 0.733. The van der Waals surface area contributed by atoms with Gasteiger partial charge in [-0.25, -0.2) is 4.79 Å². The first kappa shape index (κ1) is 14.8. The fourth-order valence-electron chi connectivity index (χ4n) is 2.44. The third-order valence-electron chi connectivity index (χ3n) is 3.63. The van der Waals surface area contributed by atoms with E-state index in [1.54, 1.807) is 35.3 Å². The van der Waals surface area contributed by atoms with Gasteiger partial charge in [0.15, 0.2) is 0 Å². The summed E-state index contributed by atoms with van der Waals surface area (Å²) in [6.07, 6.45) is 5.25. The first-order chi connectivity index (χ1) is 11.2. The van der Waals surface area contributed by atoms with Crippen molar-refractivity contribution < 1.29 is 9.90 Å². The number of aromatic carboxylic acids is 1. The summed E-state index contributed by atoms with van der Waals surface area (Å²) in [5, 5.41) is 12.6. The van der Waals surface area contributed by atoms with Gasteiger partial charge in [0.25, 0.3) is 0 Å². The number of hydrogen-bond donors (Lipinski definition) is 2. The van der Waals surface area contributed by atoms with Crippen LogP contribution in [0.3, 0.4) is 0 Å². The molecule has 5 heteroatoms. The van der Waals surface area contributed by atoms with Crippen LogP contribution in [0, 0.1) is 0 Å². The third-order valence-corrected chi connectivity index (χ3v) is 3.63. The molecule has 0 aliphatic rings. The molecule has 0 fully saturated rings. The molecule has 0 bridgehead atoms. The second-order valence-electron chi connectivity index (χ2n) is 5.20. The first-order valence-electron chi connectivity index (χ1n) is 7.33. The largest absolute Gasteiger partial charge is 0.477 e. The molecule has 2 heterocycles. The lowest BCUT2D eigenvalue weighted by molar-refractivity contribution is 0.0685. The number of carboxylic acids is 1. The Morgan fingerprint density at radius 2 is 1.96 bits per heavy atom. The molecule has 3 rings (SSSR count). The number of nitrogens with one attached hydrogen (secondary N) is 1. The lowest BCUT2D eigenvalue weighted by atomic mass is 10.2. The van der Waals surface area contributed by atoms with E-state index in [1.807, 2.05) is 24.3 Å². The monoisotopic (exact) mass is 307 g/mol.